The van der Waals surface area contributed by atoms with Crippen molar-refractivity contribution >= 4 is 12.1 Å². The number of ether oxygens (including phenoxy) is 1. The molecule has 0 saturated carbocycles. The van der Waals surface area contributed by atoms with Crippen LogP contribution in [0, 0.1) is 0 Å². The molecule has 1 rings (SSSR count). The van der Waals surface area contributed by atoms with E-state index in [0.29, 0.717) is 0 Å². The molecule has 1 amide bonds. The first kappa shape index (κ1) is 9.83. The van der Waals surface area contributed by atoms with Gasteiger partial charge in [0.15, 0.2) is 5.54 Å². The summed E-state index contributed by atoms with van der Waals surface area (Å²) >= 11 is 0. The van der Waals surface area contributed by atoms with Gasteiger partial charge in [-0.15, -0.1) is 0 Å². The molecule has 1 N–H and O–H groups in total. The number of carbonyl (C=O) groups is 2. The SMILES string of the molecule is CN1C(=O)OC(C)(C)[C@@]1(C)C(=O)O. The van der Waals surface area contributed by atoms with Gasteiger partial charge in [0.05, 0.1) is 0 Å². The molecule has 5 heteroatoms. The lowest BCUT2D eigenvalue weighted by atomic mass is 9.84. The molecule has 0 bridgehead atoms. The molecule has 0 unspecified atom stereocenters. The highest BCUT2D eigenvalue weighted by molar-refractivity contribution is 5.88. The summed E-state index contributed by atoms with van der Waals surface area (Å²) < 4.78 is 4.94. The maximum atomic E-state index is 11.2. The molecule has 0 spiro atoms. The van der Waals surface area contributed by atoms with Crippen molar-refractivity contribution < 1.29 is 19.4 Å². The fraction of sp³-hybridized carbons (Fsp3) is 0.750. The van der Waals surface area contributed by atoms with Gasteiger partial charge in [-0.2, -0.15) is 0 Å². The van der Waals surface area contributed by atoms with Crippen LogP contribution in [0.15, 0.2) is 0 Å². The third kappa shape index (κ3) is 0.993. The first-order chi connectivity index (χ1) is 5.73. The van der Waals surface area contributed by atoms with E-state index in [9.17, 15) is 9.59 Å². The van der Waals surface area contributed by atoms with Gasteiger partial charge in [0.2, 0.25) is 0 Å². The molecule has 1 aliphatic rings. The third-order valence-corrected chi connectivity index (χ3v) is 2.88. The van der Waals surface area contributed by atoms with Crippen molar-refractivity contribution in [2.45, 2.75) is 31.9 Å². The van der Waals surface area contributed by atoms with Crippen LogP contribution in [0.5, 0.6) is 0 Å². The molecule has 1 fully saturated rings. The van der Waals surface area contributed by atoms with E-state index in [1.54, 1.807) is 13.8 Å². The number of nitrogens with zero attached hydrogens (tertiary/aromatic N) is 1. The zero-order chi connectivity index (χ0) is 10.4. The van der Waals surface area contributed by atoms with Gasteiger partial charge in [-0.1, -0.05) is 0 Å². The Balaban J connectivity index is 3.20. The van der Waals surface area contributed by atoms with Crippen LogP contribution >= 0.6 is 0 Å². The van der Waals surface area contributed by atoms with Gasteiger partial charge >= 0.3 is 12.1 Å². The van der Waals surface area contributed by atoms with Crippen molar-refractivity contribution in [2.75, 3.05) is 7.05 Å². The highest BCUT2D eigenvalue weighted by Crippen LogP contribution is 2.37. The monoisotopic (exact) mass is 187 g/mol. The van der Waals surface area contributed by atoms with Gasteiger partial charge < -0.3 is 9.84 Å². The molecule has 74 valence electrons. The van der Waals surface area contributed by atoms with Crippen molar-refractivity contribution in [3.63, 3.8) is 0 Å². The Kier molecular flexibility index (Phi) is 1.79. The van der Waals surface area contributed by atoms with Gasteiger partial charge in [0, 0.05) is 7.05 Å². The Labute approximate surface area is 76.3 Å². The minimum atomic E-state index is -1.30. The summed E-state index contributed by atoms with van der Waals surface area (Å²) in [5.74, 6) is -1.06. The first-order valence-corrected chi connectivity index (χ1v) is 3.93. The number of aliphatic carboxylic acids is 1. The van der Waals surface area contributed by atoms with Gasteiger partial charge in [-0.3, -0.25) is 4.90 Å². The van der Waals surface area contributed by atoms with E-state index in [0.717, 1.165) is 4.90 Å². The Bertz CT molecular complexity index is 273. The van der Waals surface area contributed by atoms with Crippen LogP contribution in [-0.2, 0) is 9.53 Å². The van der Waals surface area contributed by atoms with Gasteiger partial charge in [0.1, 0.15) is 5.60 Å². The van der Waals surface area contributed by atoms with Crippen LogP contribution in [0.2, 0.25) is 0 Å². The Morgan fingerprint density at radius 2 is 1.92 bits per heavy atom. The summed E-state index contributed by atoms with van der Waals surface area (Å²) in [5, 5.41) is 9.02. The number of likely N-dealkylation sites (N-methyl/N-ethyl adjacent to an activating group) is 1. The molecule has 0 aromatic carbocycles. The topological polar surface area (TPSA) is 66.8 Å². The van der Waals surface area contributed by atoms with Crippen LogP contribution in [0.4, 0.5) is 4.79 Å². The smallest absolute Gasteiger partial charge is 0.411 e. The molecule has 13 heavy (non-hydrogen) atoms. The van der Waals surface area contributed by atoms with Crippen molar-refractivity contribution in [1.29, 1.82) is 0 Å². The number of hydrogen-bond acceptors (Lipinski definition) is 3. The number of hydrogen-bond donors (Lipinski definition) is 1. The van der Waals surface area contributed by atoms with E-state index < -0.39 is 23.2 Å². The summed E-state index contributed by atoms with van der Waals surface area (Å²) in [7, 11) is 1.42. The van der Waals surface area contributed by atoms with E-state index in [1.807, 2.05) is 0 Å². The average Bonchev–Trinajstić information content (AvgIpc) is 2.12. The van der Waals surface area contributed by atoms with Crippen molar-refractivity contribution in [3.8, 4) is 0 Å². The molecule has 0 aromatic heterocycles. The third-order valence-electron chi connectivity index (χ3n) is 2.88. The van der Waals surface area contributed by atoms with Crippen LogP contribution < -0.4 is 0 Å². The number of carboxylic acid groups (broad SMARTS) is 1. The fourth-order valence-electron chi connectivity index (χ4n) is 1.37. The van der Waals surface area contributed by atoms with Crippen molar-refractivity contribution in [3.05, 3.63) is 0 Å². The predicted molar refractivity (Wildman–Crippen MR) is 44.4 cm³/mol. The van der Waals surface area contributed by atoms with Gasteiger partial charge in [-0.05, 0) is 20.8 Å². The van der Waals surface area contributed by atoms with Crippen LogP contribution in [0.25, 0.3) is 0 Å². The average molecular weight is 187 g/mol. The standard InChI is InChI=1S/C8H13NO4/c1-7(2)8(3,5(10)11)9(4)6(12)13-7/h1-4H3,(H,10,11)/t8-/m1/s1. The molecule has 0 aliphatic carbocycles. The number of amides is 1. The van der Waals surface area contributed by atoms with Crippen LogP contribution in [-0.4, -0.2) is 40.3 Å². The predicted octanol–water partition coefficient (Wildman–Crippen LogP) is 0.690. The van der Waals surface area contributed by atoms with E-state index in [1.165, 1.54) is 14.0 Å². The van der Waals surface area contributed by atoms with Crippen LogP contribution in [0.3, 0.4) is 0 Å². The molecule has 0 aromatic rings. The second-order valence-corrected chi connectivity index (χ2v) is 3.81. The highest BCUT2D eigenvalue weighted by atomic mass is 16.6. The molecule has 1 atom stereocenters. The summed E-state index contributed by atoms with van der Waals surface area (Å²) in [6.07, 6.45) is -0.602. The second kappa shape index (κ2) is 2.37. The largest absolute Gasteiger partial charge is 0.479 e. The van der Waals surface area contributed by atoms with Gasteiger partial charge in [0.25, 0.3) is 0 Å². The Morgan fingerprint density at radius 1 is 1.46 bits per heavy atom. The maximum Gasteiger partial charge on any atom is 0.411 e. The number of cyclic esters (lactones) is 1. The molecule has 1 heterocycles. The number of rotatable bonds is 1. The lowest BCUT2D eigenvalue weighted by molar-refractivity contribution is -0.152. The minimum absolute atomic E-state index is 0.602. The van der Waals surface area contributed by atoms with E-state index >= 15 is 0 Å². The summed E-state index contributed by atoms with van der Waals surface area (Å²) in [4.78, 5) is 23.3. The minimum Gasteiger partial charge on any atom is -0.479 e. The molecule has 5 nitrogen and oxygen atoms in total. The summed E-state index contributed by atoms with van der Waals surface area (Å²) in [6.45, 7) is 4.64. The zero-order valence-electron chi connectivity index (χ0n) is 8.12. The second-order valence-electron chi connectivity index (χ2n) is 3.81. The molecular formula is C8H13NO4. The first-order valence-electron chi connectivity index (χ1n) is 3.93. The number of carbonyl (C=O) groups excluding carboxylic acids is 1. The lowest BCUT2D eigenvalue weighted by Gasteiger charge is -2.33. The normalized spacial score (nSPS) is 31.7. The summed E-state index contributed by atoms with van der Waals surface area (Å²) in [5.41, 5.74) is -2.31. The Hall–Kier alpha value is -1.26. The molecule has 0 radical (unpaired) electrons. The fourth-order valence-corrected chi connectivity index (χ4v) is 1.37. The summed E-state index contributed by atoms with van der Waals surface area (Å²) in [6, 6.07) is 0. The van der Waals surface area contributed by atoms with Crippen molar-refractivity contribution in [1.82, 2.24) is 4.90 Å². The van der Waals surface area contributed by atoms with Gasteiger partial charge in [-0.25, -0.2) is 9.59 Å². The molecular weight excluding hydrogens is 174 g/mol. The van der Waals surface area contributed by atoms with Crippen LogP contribution in [0.1, 0.15) is 20.8 Å². The lowest BCUT2D eigenvalue weighted by Crippen LogP contribution is -2.57. The van der Waals surface area contributed by atoms with Crippen molar-refractivity contribution in [2.24, 2.45) is 0 Å². The number of carboxylic acids is 1. The maximum absolute atomic E-state index is 11.2. The Morgan fingerprint density at radius 3 is 2.08 bits per heavy atom. The van der Waals surface area contributed by atoms with E-state index in [-0.39, 0.29) is 0 Å². The molecule has 1 aliphatic heterocycles. The van der Waals surface area contributed by atoms with E-state index in [4.69, 9.17) is 9.84 Å². The van der Waals surface area contributed by atoms with E-state index in [2.05, 4.69) is 0 Å². The highest BCUT2D eigenvalue weighted by Gasteiger charge is 2.61. The zero-order valence-corrected chi connectivity index (χ0v) is 8.12. The quantitative estimate of drug-likeness (QED) is 0.655. The molecule has 1 saturated heterocycles.